The molecule has 34 heavy (non-hydrogen) atoms. The highest BCUT2D eigenvalue weighted by Crippen LogP contribution is 2.38. The van der Waals surface area contributed by atoms with E-state index in [4.69, 9.17) is 30.8 Å². The number of amides is 1. The fourth-order valence-corrected chi connectivity index (χ4v) is 3.73. The van der Waals surface area contributed by atoms with Crippen LogP contribution >= 0.6 is 12.2 Å². The summed E-state index contributed by atoms with van der Waals surface area (Å²) in [5, 5.41) is 5.90. The Morgan fingerprint density at radius 3 is 2.32 bits per heavy atom. The second-order valence-corrected chi connectivity index (χ2v) is 7.70. The van der Waals surface area contributed by atoms with Crippen LogP contribution < -0.4 is 24.8 Å². The zero-order chi connectivity index (χ0) is 24.2. The molecule has 4 rings (SSSR count). The van der Waals surface area contributed by atoms with Crippen molar-refractivity contribution in [2.24, 2.45) is 0 Å². The molecular weight excluding hydrogens is 454 g/mol. The van der Waals surface area contributed by atoms with Crippen molar-refractivity contribution < 1.29 is 23.4 Å². The lowest BCUT2D eigenvalue weighted by Gasteiger charge is -2.15. The van der Waals surface area contributed by atoms with E-state index < -0.39 is 5.91 Å². The van der Waals surface area contributed by atoms with E-state index in [1.54, 1.807) is 12.1 Å². The highest BCUT2D eigenvalue weighted by atomic mass is 32.1. The van der Waals surface area contributed by atoms with Crippen LogP contribution in [0.25, 0.3) is 22.6 Å². The van der Waals surface area contributed by atoms with Gasteiger partial charge in [-0.2, -0.15) is 0 Å². The van der Waals surface area contributed by atoms with Crippen LogP contribution in [0.2, 0.25) is 0 Å². The van der Waals surface area contributed by atoms with Crippen LogP contribution in [0.1, 0.15) is 15.9 Å². The fraction of sp³-hybridized carbons (Fsp3) is 0.160. The summed E-state index contributed by atoms with van der Waals surface area (Å²) in [4.78, 5) is 17.4. The van der Waals surface area contributed by atoms with Gasteiger partial charge in [-0.1, -0.05) is 18.2 Å². The van der Waals surface area contributed by atoms with E-state index in [1.807, 2.05) is 49.4 Å². The van der Waals surface area contributed by atoms with Gasteiger partial charge in [0.25, 0.3) is 5.91 Å². The summed E-state index contributed by atoms with van der Waals surface area (Å²) >= 11 is 5.39. The van der Waals surface area contributed by atoms with Gasteiger partial charge in [-0.3, -0.25) is 10.1 Å². The van der Waals surface area contributed by atoms with Gasteiger partial charge in [0.15, 0.2) is 22.2 Å². The molecule has 1 heterocycles. The molecule has 9 heteroatoms. The molecule has 0 spiro atoms. The maximum absolute atomic E-state index is 12.8. The minimum absolute atomic E-state index is 0.136. The Balaban J connectivity index is 1.53. The number of nitrogens with zero attached hydrogens (tertiary/aromatic N) is 1. The third-order valence-electron chi connectivity index (χ3n) is 5.26. The van der Waals surface area contributed by atoms with E-state index in [2.05, 4.69) is 15.6 Å². The molecule has 0 fully saturated rings. The molecule has 2 N–H and O–H groups in total. The Bertz CT molecular complexity index is 1320. The molecule has 0 atom stereocenters. The lowest BCUT2D eigenvalue weighted by atomic mass is 10.1. The number of hydrogen-bond acceptors (Lipinski definition) is 7. The molecule has 8 nitrogen and oxygen atoms in total. The van der Waals surface area contributed by atoms with Crippen molar-refractivity contribution in [2.75, 3.05) is 26.6 Å². The second-order valence-electron chi connectivity index (χ2n) is 7.29. The number of rotatable bonds is 6. The largest absolute Gasteiger partial charge is 0.493 e. The molecule has 0 radical (unpaired) electrons. The topological polar surface area (TPSA) is 94.9 Å². The van der Waals surface area contributed by atoms with Crippen molar-refractivity contribution in [3.63, 3.8) is 0 Å². The van der Waals surface area contributed by atoms with Gasteiger partial charge >= 0.3 is 0 Å². The van der Waals surface area contributed by atoms with Gasteiger partial charge in [0, 0.05) is 16.8 Å². The first kappa shape index (κ1) is 23.1. The van der Waals surface area contributed by atoms with Crippen LogP contribution in [0.5, 0.6) is 17.2 Å². The maximum atomic E-state index is 12.8. The van der Waals surface area contributed by atoms with E-state index in [-0.39, 0.29) is 5.11 Å². The van der Waals surface area contributed by atoms with Gasteiger partial charge in [-0.05, 0) is 61.1 Å². The molecule has 1 aromatic heterocycles. The van der Waals surface area contributed by atoms with E-state index >= 15 is 0 Å². The fourth-order valence-electron chi connectivity index (χ4n) is 3.53. The molecule has 0 aliphatic heterocycles. The molecule has 0 aliphatic rings. The predicted octanol–water partition coefficient (Wildman–Crippen LogP) is 4.96. The Labute approximate surface area is 201 Å². The van der Waals surface area contributed by atoms with Gasteiger partial charge in [0.2, 0.25) is 11.6 Å². The van der Waals surface area contributed by atoms with Gasteiger partial charge in [-0.25, -0.2) is 4.98 Å². The number of oxazole rings is 1. The summed E-state index contributed by atoms with van der Waals surface area (Å²) in [7, 11) is 4.46. The Kier molecular flexibility index (Phi) is 6.65. The lowest BCUT2D eigenvalue weighted by molar-refractivity contribution is 0.0977. The standard InChI is InChI=1S/C25H23N3O5S/c1-14-16(24-26-18-9-5-6-11-19(18)33-24)8-7-10-17(14)27-25(34)28-23(29)15-12-20(30-2)22(32-4)21(13-15)31-3/h5-13H,1-4H3,(H2,27,28,29,34). The van der Waals surface area contributed by atoms with E-state index in [0.717, 1.165) is 22.3 Å². The Morgan fingerprint density at radius 2 is 1.68 bits per heavy atom. The van der Waals surface area contributed by atoms with E-state index in [9.17, 15) is 4.79 Å². The molecule has 174 valence electrons. The zero-order valence-corrected chi connectivity index (χ0v) is 19.9. The summed E-state index contributed by atoms with van der Waals surface area (Å²) in [6.45, 7) is 1.93. The van der Waals surface area contributed by atoms with Crippen LogP contribution in [0.4, 0.5) is 5.69 Å². The number of para-hydroxylation sites is 2. The molecule has 3 aromatic carbocycles. The number of fused-ring (bicyclic) bond motifs is 1. The van der Waals surface area contributed by atoms with Crippen LogP contribution in [-0.4, -0.2) is 37.3 Å². The molecule has 1 amide bonds. The summed E-state index contributed by atoms with van der Waals surface area (Å²) in [5.74, 6) is 1.22. The third kappa shape index (κ3) is 4.51. The summed E-state index contributed by atoms with van der Waals surface area (Å²) in [5.41, 5.74) is 4.20. The van der Waals surface area contributed by atoms with Crippen molar-refractivity contribution in [2.45, 2.75) is 6.92 Å². The molecule has 4 aromatic rings. The SMILES string of the molecule is COc1cc(C(=O)NC(=S)Nc2cccc(-c3nc4ccccc4o3)c2C)cc(OC)c1OC. The number of carbonyl (C=O) groups excluding carboxylic acids is 1. The zero-order valence-electron chi connectivity index (χ0n) is 19.1. The molecule has 0 saturated carbocycles. The number of anilines is 1. The number of ether oxygens (including phenoxy) is 3. The van der Waals surface area contributed by atoms with Crippen LogP contribution in [-0.2, 0) is 0 Å². The van der Waals surface area contributed by atoms with Gasteiger partial charge in [-0.15, -0.1) is 0 Å². The first-order valence-corrected chi connectivity index (χ1v) is 10.7. The summed E-state index contributed by atoms with van der Waals surface area (Å²) < 4.78 is 21.8. The minimum atomic E-state index is -0.426. The average molecular weight is 478 g/mol. The van der Waals surface area contributed by atoms with Crippen molar-refractivity contribution >= 4 is 40.0 Å². The number of carbonyl (C=O) groups is 1. The molecular formula is C25H23N3O5S. The quantitative estimate of drug-likeness (QED) is 0.377. The lowest BCUT2D eigenvalue weighted by Crippen LogP contribution is -2.34. The average Bonchev–Trinajstić information content (AvgIpc) is 3.28. The van der Waals surface area contributed by atoms with Gasteiger partial charge < -0.3 is 23.9 Å². The minimum Gasteiger partial charge on any atom is -0.493 e. The monoisotopic (exact) mass is 477 g/mol. The van der Waals surface area contributed by atoms with Gasteiger partial charge in [0.05, 0.1) is 21.3 Å². The molecule has 0 unspecified atom stereocenters. The predicted molar refractivity (Wildman–Crippen MR) is 134 cm³/mol. The Morgan fingerprint density at radius 1 is 0.971 bits per heavy atom. The maximum Gasteiger partial charge on any atom is 0.257 e. The van der Waals surface area contributed by atoms with E-state index in [0.29, 0.717) is 34.3 Å². The number of nitrogens with one attached hydrogen (secondary N) is 2. The van der Waals surface area contributed by atoms with Crippen LogP contribution in [0.15, 0.2) is 59.0 Å². The van der Waals surface area contributed by atoms with Crippen molar-refractivity contribution in [3.05, 3.63) is 65.7 Å². The molecule has 0 bridgehead atoms. The van der Waals surface area contributed by atoms with Crippen molar-refractivity contribution in [1.82, 2.24) is 10.3 Å². The smallest absolute Gasteiger partial charge is 0.257 e. The Hall–Kier alpha value is -4.11. The molecule has 0 aliphatic carbocycles. The highest BCUT2D eigenvalue weighted by molar-refractivity contribution is 7.80. The van der Waals surface area contributed by atoms with Crippen molar-refractivity contribution in [3.8, 4) is 28.7 Å². The number of aromatic nitrogens is 1. The van der Waals surface area contributed by atoms with E-state index in [1.165, 1.54) is 21.3 Å². The molecule has 0 saturated heterocycles. The summed E-state index contributed by atoms with van der Waals surface area (Å²) in [6, 6.07) is 16.3. The highest BCUT2D eigenvalue weighted by Gasteiger charge is 2.18. The first-order valence-electron chi connectivity index (χ1n) is 10.3. The number of methoxy groups -OCH3 is 3. The summed E-state index contributed by atoms with van der Waals surface area (Å²) in [6.07, 6.45) is 0. The van der Waals surface area contributed by atoms with Crippen LogP contribution in [0, 0.1) is 6.92 Å². The number of hydrogen-bond donors (Lipinski definition) is 2. The first-order chi connectivity index (χ1) is 16.4. The van der Waals surface area contributed by atoms with Gasteiger partial charge in [0.1, 0.15) is 5.52 Å². The second kappa shape index (κ2) is 9.80. The van der Waals surface area contributed by atoms with Crippen molar-refractivity contribution in [1.29, 1.82) is 0 Å². The normalized spacial score (nSPS) is 10.6. The number of thiocarbonyl (C=S) groups is 1. The van der Waals surface area contributed by atoms with Crippen LogP contribution in [0.3, 0.4) is 0 Å². The third-order valence-corrected chi connectivity index (χ3v) is 5.46. The number of benzene rings is 3.